The lowest BCUT2D eigenvalue weighted by atomic mass is 9.92. The van der Waals surface area contributed by atoms with Crippen molar-refractivity contribution < 1.29 is 9.59 Å². The van der Waals surface area contributed by atoms with E-state index in [1.807, 2.05) is 77.9 Å². The van der Waals surface area contributed by atoms with Crippen molar-refractivity contribution in [2.24, 2.45) is 11.7 Å². The molecule has 1 aliphatic heterocycles. The van der Waals surface area contributed by atoms with E-state index in [2.05, 4.69) is 21.1 Å². The van der Waals surface area contributed by atoms with Crippen molar-refractivity contribution in [1.82, 2.24) is 29.0 Å². The van der Waals surface area contributed by atoms with Crippen LogP contribution in [0.3, 0.4) is 0 Å². The van der Waals surface area contributed by atoms with Gasteiger partial charge < -0.3 is 16.4 Å². The van der Waals surface area contributed by atoms with E-state index in [4.69, 9.17) is 11.5 Å². The number of nitrogens with two attached hydrogens (primary N) is 2. The lowest BCUT2D eigenvalue weighted by molar-refractivity contribution is -0.135. The molecule has 49 heavy (non-hydrogen) atoms. The third-order valence-corrected chi connectivity index (χ3v) is 9.23. The molecule has 0 aliphatic carbocycles. The molecule has 0 saturated carbocycles. The zero-order chi connectivity index (χ0) is 34.2. The number of rotatable bonds is 7. The van der Waals surface area contributed by atoms with Gasteiger partial charge in [-0.25, -0.2) is 9.50 Å². The fourth-order valence-corrected chi connectivity index (χ4v) is 6.81. The second-order valence-electron chi connectivity index (χ2n) is 12.6. The van der Waals surface area contributed by atoms with Crippen molar-refractivity contribution in [3.8, 4) is 39.3 Å². The molecule has 6 aromatic rings. The summed E-state index contributed by atoms with van der Waals surface area (Å²) in [6.45, 7) is 5.23. The molecule has 2 aromatic carbocycles. The fourth-order valence-electron chi connectivity index (χ4n) is 6.81. The molecule has 0 unspecified atom stereocenters. The van der Waals surface area contributed by atoms with Gasteiger partial charge in [-0.1, -0.05) is 62.4 Å². The Kier molecular flexibility index (Phi) is 8.25. The maximum atomic E-state index is 14.1. The van der Waals surface area contributed by atoms with Gasteiger partial charge in [-0.05, 0) is 60.4 Å². The molecule has 0 bridgehead atoms. The first-order valence-corrected chi connectivity index (χ1v) is 16.3. The zero-order valence-corrected chi connectivity index (χ0v) is 27.3. The number of primary amides is 1. The number of pyridine rings is 2. The first-order valence-electron chi connectivity index (χ1n) is 16.3. The van der Waals surface area contributed by atoms with Crippen LogP contribution in [0.2, 0.25) is 0 Å². The molecule has 1 fully saturated rings. The van der Waals surface area contributed by atoms with E-state index >= 15 is 0 Å². The fraction of sp³-hybridized carbons (Fsp3) is 0.211. The molecule has 0 atom stereocenters. The Morgan fingerprint density at radius 2 is 1.53 bits per heavy atom. The minimum absolute atomic E-state index is 0.0331. The predicted molar refractivity (Wildman–Crippen MR) is 189 cm³/mol. The number of carbonyl (C=O) groups excluding carboxylic acids is 2. The molecular weight excluding hydrogens is 616 g/mol. The van der Waals surface area contributed by atoms with E-state index in [-0.39, 0.29) is 23.3 Å². The minimum atomic E-state index is -0.824. The zero-order valence-electron chi connectivity index (χ0n) is 27.3. The van der Waals surface area contributed by atoms with Crippen LogP contribution in [0, 0.1) is 5.92 Å². The van der Waals surface area contributed by atoms with Crippen molar-refractivity contribution in [3.05, 3.63) is 119 Å². The van der Waals surface area contributed by atoms with E-state index in [0.717, 1.165) is 29.7 Å². The predicted octanol–water partition coefficient (Wildman–Crippen LogP) is 5.32. The number of aromatic nitrogens is 5. The van der Waals surface area contributed by atoms with Crippen LogP contribution in [0.25, 0.3) is 44.8 Å². The number of likely N-dealkylation sites (tertiary alicyclic amines) is 1. The van der Waals surface area contributed by atoms with Crippen molar-refractivity contribution in [2.75, 3.05) is 18.8 Å². The molecule has 11 nitrogen and oxygen atoms in total. The van der Waals surface area contributed by atoms with Crippen LogP contribution >= 0.6 is 0 Å². The quantitative estimate of drug-likeness (QED) is 0.237. The molecule has 4 aromatic heterocycles. The molecule has 246 valence electrons. The second-order valence-corrected chi connectivity index (χ2v) is 12.6. The van der Waals surface area contributed by atoms with Gasteiger partial charge in [0.25, 0.3) is 11.5 Å². The van der Waals surface area contributed by atoms with Gasteiger partial charge in [0.05, 0.1) is 11.4 Å². The van der Waals surface area contributed by atoms with E-state index in [9.17, 15) is 14.4 Å². The van der Waals surface area contributed by atoms with Crippen molar-refractivity contribution >= 4 is 23.1 Å². The van der Waals surface area contributed by atoms with Gasteiger partial charge in [-0.3, -0.25) is 23.9 Å². The van der Waals surface area contributed by atoms with E-state index in [1.54, 1.807) is 30.5 Å². The highest BCUT2D eigenvalue weighted by atomic mass is 16.2. The summed E-state index contributed by atoms with van der Waals surface area (Å²) < 4.78 is 3.34. The van der Waals surface area contributed by atoms with Crippen LogP contribution in [0.4, 0.5) is 5.82 Å². The Morgan fingerprint density at radius 3 is 2.16 bits per heavy atom. The number of fused-ring (bicyclic) bond motifs is 1. The number of nitrogen functional groups attached to an aromatic ring is 1. The van der Waals surface area contributed by atoms with Gasteiger partial charge in [0.15, 0.2) is 5.82 Å². The van der Waals surface area contributed by atoms with Gasteiger partial charge in [0.1, 0.15) is 17.4 Å². The third-order valence-electron chi connectivity index (χ3n) is 9.23. The van der Waals surface area contributed by atoms with Crippen molar-refractivity contribution in [3.63, 3.8) is 0 Å². The van der Waals surface area contributed by atoms with Gasteiger partial charge in [0.2, 0.25) is 5.91 Å². The van der Waals surface area contributed by atoms with Gasteiger partial charge in [-0.15, -0.1) is 0 Å². The highest BCUT2D eigenvalue weighted by molar-refractivity contribution is 6.00. The Morgan fingerprint density at radius 1 is 0.857 bits per heavy atom. The Labute approximate surface area is 282 Å². The first-order chi connectivity index (χ1) is 23.7. The van der Waals surface area contributed by atoms with Crippen molar-refractivity contribution in [1.29, 1.82) is 0 Å². The summed E-state index contributed by atoms with van der Waals surface area (Å²) in [6, 6.07) is 26.1. The summed E-state index contributed by atoms with van der Waals surface area (Å²) in [4.78, 5) is 50.3. The SMILES string of the molecule is CC(C)C(=O)N1CCC(c2cc(-c3ccc(-c4cc(-c5ccccn5)n(-c5ccccc5)c(=O)c4C(N)=O)cc3)c3c(N)ncnn23)CC1. The average molecular weight is 653 g/mol. The monoisotopic (exact) mass is 652 g/mol. The van der Waals surface area contributed by atoms with E-state index in [1.165, 1.54) is 10.9 Å². The number of carbonyl (C=O) groups is 2. The van der Waals surface area contributed by atoms with Crippen LogP contribution in [0.1, 0.15) is 48.7 Å². The van der Waals surface area contributed by atoms with E-state index in [0.29, 0.717) is 52.6 Å². The smallest absolute Gasteiger partial charge is 0.269 e. The molecule has 2 amide bonds. The van der Waals surface area contributed by atoms with Gasteiger partial charge in [0, 0.05) is 53.6 Å². The number of hydrogen-bond donors (Lipinski definition) is 2. The number of anilines is 1. The molecule has 0 radical (unpaired) electrons. The molecule has 11 heteroatoms. The number of amides is 2. The minimum Gasteiger partial charge on any atom is -0.382 e. The Bertz CT molecular complexity index is 2240. The summed E-state index contributed by atoms with van der Waals surface area (Å²) in [7, 11) is 0. The van der Waals surface area contributed by atoms with Crippen LogP contribution in [0.15, 0.2) is 102 Å². The lowest BCUT2D eigenvalue weighted by Gasteiger charge is -2.33. The number of nitrogens with zero attached hydrogens (tertiary/aromatic N) is 6. The Balaban J connectivity index is 1.31. The van der Waals surface area contributed by atoms with Crippen LogP contribution in [0.5, 0.6) is 0 Å². The lowest BCUT2D eigenvalue weighted by Crippen LogP contribution is -2.40. The maximum absolute atomic E-state index is 14.1. The molecule has 7 rings (SSSR count). The average Bonchev–Trinajstić information content (AvgIpc) is 3.52. The summed E-state index contributed by atoms with van der Waals surface area (Å²) in [6.07, 6.45) is 4.75. The number of para-hydroxylation sites is 1. The van der Waals surface area contributed by atoms with Crippen LogP contribution in [-0.4, -0.2) is 54.0 Å². The van der Waals surface area contributed by atoms with Crippen LogP contribution < -0.4 is 17.0 Å². The highest BCUT2D eigenvalue weighted by Gasteiger charge is 2.29. The summed E-state index contributed by atoms with van der Waals surface area (Å²) >= 11 is 0. The highest BCUT2D eigenvalue weighted by Crippen LogP contribution is 2.38. The summed E-state index contributed by atoms with van der Waals surface area (Å²) in [5, 5.41) is 4.57. The summed E-state index contributed by atoms with van der Waals surface area (Å²) in [5.74, 6) is -0.141. The van der Waals surface area contributed by atoms with Crippen LogP contribution in [-0.2, 0) is 4.79 Å². The summed E-state index contributed by atoms with van der Waals surface area (Å²) in [5.41, 5.74) is 17.8. The largest absolute Gasteiger partial charge is 0.382 e. The molecular formula is C38H36N8O3. The number of benzene rings is 2. The molecule has 4 N–H and O–H groups in total. The second kappa shape index (κ2) is 12.8. The Hall–Kier alpha value is -6.10. The molecule has 0 spiro atoms. The number of piperidine rings is 1. The maximum Gasteiger partial charge on any atom is 0.269 e. The van der Waals surface area contributed by atoms with E-state index < -0.39 is 11.5 Å². The molecule has 5 heterocycles. The van der Waals surface area contributed by atoms with Gasteiger partial charge >= 0.3 is 0 Å². The number of hydrogen-bond acceptors (Lipinski definition) is 7. The third kappa shape index (κ3) is 5.73. The first kappa shape index (κ1) is 31.5. The van der Waals surface area contributed by atoms with Gasteiger partial charge in [-0.2, -0.15) is 5.10 Å². The van der Waals surface area contributed by atoms with Crippen molar-refractivity contribution in [2.45, 2.75) is 32.6 Å². The molecule has 1 saturated heterocycles. The molecule has 1 aliphatic rings. The normalized spacial score (nSPS) is 13.7. The standard InChI is InChI=1S/C38H36N8O3/c1-23(2)37(48)44-18-15-26(16-19-44)31-21-29(34-35(39)42-22-43-46(31)34)25-13-11-24(12-14-25)28-20-32(30-10-6-7-17-41-30)45(27-8-4-3-5-9-27)38(49)33(28)36(40)47/h3-14,17,20-23,26H,15-16,18-19H2,1-2H3,(H2,40,47)(H2,39,42,43). The topological polar surface area (TPSA) is 154 Å².